The smallest absolute Gasteiger partial charge is 0.407 e. The summed E-state index contributed by atoms with van der Waals surface area (Å²) in [7, 11) is 0. The van der Waals surface area contributed by atoms with Crippen LogP contribution < -0.4 is 11.1 Å². The first-order chi connectivity index (χ1) is 14.5. The van der Waals surface area contributed by atoms with Crippen LogP contribution >= 0.6 is 0 Å². The highest BCUT2D eigenvalue weighted by molar-refractivity contribution is 5.79. The van der Waals surface area contributed by atoms with Crippen molar-refractivity contribution in [2.24, 2.45) is 0 Å². The van der Waals surface area contributed by atoms with E-state index in [1.165, 1.54) is 0 Å². The molecule has 1 aromatic heterocycles. The lowest BCUT2D eigenvalue weighted by Gasteiger charge is -2.19. The number of nitrogens with one attached hydrogen (secondary N) is 1. The molecule has 0 radical (unpaired) electrons. The molecule has 1 heterocycles. The lowest BCUT2D eigenvalue weighted by molar-refractivity contribution is 0.0161. The van der Waals surface area contributed by atoms with Gasteiger partial charge in [0.05, 0.1) is 5.69 Å². The van der Waals surface area contributed by atoms with E-state index in [2.05, 4.69) is 22.4 Å². The number of nitrogens with zero attached hydrogens (tertiary/aromatic N) is 1. The van der Waals surface area contributed by atoms with Crippen LogP contribution in [-0.2, 0) is 4.74 Å². The van der Waals surface area contributed by atoms with E-state index < -0.39 is 18.3 Å². The molecular formula is C23H23N3O4. The minimum absolute atomic E-state index is 0.0462. The highest BCUT2D eigenvalue weighted by Crippen LogP contribution is 2.44. The van der Waals surface area contributed by atoms with Crippen LogP contribution in [0.3, 0.4) is 0 Å². The van der Waals surface area contributed by atoms with Crippen LogP contribution in [0.1, 0.15) is 28.8 Å². The fourth-order valence-corrected chi connectivity index (χ4v) is 3.78. The van der Waals surface area contributed by atoms with E-state index in [4.69, 9.17) is 10.5 Å². The van der Waals surface area contributed by atoms with Crippen molar-refractivity contribution in [2.75, 3.05) is 18.9 Å². The van der Waals surface area contributed by atoms with Gasteiger partial charge in [0.15, 0.2) is 0 Å². The Hall–Kier alpha value is -3.42. The van der Waals surface area contributed by atoms with Gasteiger partial charge in [-0.2, -0.15) is 0 Å². The molecule has 0 bridgehead atoms. The molecule has 5 N–H and O–H groups in total. The maximum absolute atomic E-state index is 12.2. The second-order valence-corrected chi connectivity index (χ2v) is 7.21. The molecule has 3 aromatic rings. The standard InChI is InChI=1S/C23H23N3O4/c24-21-11-5-10-19(26-21)22(28)20(27)12-25-23(29)30-13-18-16-8-3-1-6-14(16)15-7-2-4-9-17(15)18/h1-11,18,20,22,27-28H,12-13H2,(H2,24,26)(H,25,29). The van der Waals surface area contributed by atoms with Crippen molar-refractivity contribution in [3.8, 4) is 11.1 Å². The third-order valence-corrected chi connectivity index (χ3v) is 5.26. The minimum atomic E-state index is -1.28. The number of nitrogens with two attached hydrogens (primary N) is 1. The van der Waals surface area contributed by atoms with E-state index in [9.17, 15) is 15.0 Å². The third-order valence-electron chi connectivity index (χ3n) is 5.26. The van der Waals surface area contributed by atoms with E-state index in [0.29, 0.717) is 0 Å². The Morgan fingerprint density at radius 1 is 1.00 bits per heavy atom. The van der Waals surface area contributed by atoms with E-state index in [1.54, 1.807) is 18.2 Å². The number of carbonyl (C=O) groups is 1. The van der Waals surface area contributed by atoms with Gasteiger partial charge in [0, 0.05) is 12.5 Å². The van der Waals surface area contributed by atoms with Crippen LogP contribution in [0.15, 0.2) is 66.7 Å². The molecule has 1 aliphatic rings. The number of aromatic nitrogens is 1. The first-order valence-corrected chi connectivity index (χ1v) is 9.72. The molecule has 0 aliphatic heterocycles. The zero-order valence-corrected chi connectivity index (χ0v) is 16.2. The molecule has 7 heteroatoms. The average molecular weight is 405 g/mol. The predicted molar refractivity (Wildman–Crippen MR) is 113 cm³/mol. The molecule has 0 fully saturated rings. The van der Waals surface area contributed by atoms with Gasteiger partial charge in [-0.25, -0.2) is 9.78 Å². The number of anilines is 1. The number of nitrogen functional groups attached to an aromatic ring is 1. The molecule has 2 unspecified atom stereocenters. The SMILES string of the molecule is Nc1cccc(C(O)C(O)CNC(=O)OCC2c3ccccc3-c3ccccc32)n1. The summed E-state index contributed by atoms with van der Waals surface area (Å²) in [4.78, 5) is 16.2. The maximum atomic E-state index is 12.2. The van der Waals surface area contributed by atoms with E-state index in [-0.39, 0.29) is 30.6 Å². The number of amides is 1. The van der Waals surface area contributed by atoms with Crippen LogP contribution in [-0.4, -0.2) is 40.5 Å². The summed E-state index contributed by atoms with van der Waals surface area (Å²) in [6, 6.07) is 20.9. The minimum Gasteiger partial charge on any atom is -0.449 e. The number of ether oxygens (including phenoxy) is 1. The molecule has 4 rings (SSSR count). The van der Waals surface area contributed by atoms with E-state index >= 15 is 0 Å². The Morgan fingerprint density at radius 3 is 2.27 bits per heavy atom. The van der Waals surface area contributed by atoms with Crippen molar-refractivity contribution in [3.63, 3.8) is 0 Å². The normalized spacial score (nSPS) is 14.5. The number of carbonyl (C=O) groups excluding carboxylic acids is 1. The van der Waals surface area contributed by atoms with Gasteiger partial charge in [-0.1, -0.05) is 54.6 Å². The van der Waals surface area contributed by atoms with Crippen LogP contribution in [0.2, 0.25) is 0 Å². The largest absolute Gasteiger partial charge is 0.449 e. The zero-order valence-electron chi connectivity index (χ0n) is 16.2. The molecule has 30 heavy (non-hydrogen) atoms. The van der Waals surface area contributed by atoms with Gasteiger partial charge in [-0.05, 0) is 34.4 Å². The average Bonchev–Trinajstić information content (AvgIpc) is 3.09. The Balaban J connectivity index is 1.34. The number of benzene rings is 2. The third kappa shape index (κ3) is 3.98. The number of fused-ring (bicyclic) bond motifs is 3. The first kappa shape index (κ1) is 19.9. The van der Waals surface area contributed by atoms with E-state index in [0.717, 1.165) is 22.3 Å². The molecule has 0 saturated carbocycles. The van der Waals surface area contributed by atoms with Gasteiger partial charge in [-0.3, -0.25) is 0 Å². The maximum Gasteiger partial charge on any atom is 0.407 e. The highest BCUT2D eigenvalue weighted by atomic mass is 16.5. The molecule has 0 saturated heterocycles. The predicted octanol–water partition coefficient (Wildman–Crippen LogP) is 2.60. The summed E-state index contributed by atoms with van der Waals surface area (Å²) in [5, 5.41) is 22.8. The van der Waals surface area contributed by atoms with Gasteiger partial charge in [0.25, 0.3) is 0 Å². The van der Waals surface area contributed by atoms with Crippen molar-refractivity contribution in [1.82, 2.24) is 10.3 Å². The number of rotatable bonds is 6. The molecule has 2 aromatic carbocycles. The molecule has 2 atom stereocenters. The first-order valence-electron chi connectivity index (χ1n) is 9.72. The Morgan fingerprint density at radius 2 is 1.63 bits per heavy atom. The molecule has 1 amide bonds. The van der Waals surface area contributed by atoms with Crippen LogP contribution in [0.5, 0.6) is 0 Å². The van der Waals surface area contributed by atoms with Gasteiger partial charge in [0.1, 0.15) is 24.6 Å². The number of pyridine rings is 1. The topological polar surface area (TPSA) is 118 Å². The summed E-state index contributed by atoms with van der Waals surface area (Å²) >= 11 is 0. The van der Waals surface area contributed by atoms with Crippen LogP contribution in [0, 0.1) is 0 Å². The summed E-state index contributed by atoms with van der Waals surface area (Å²) in [5.41, 5.74) is 10.4. The van der Waals surface area contributed by atoms with Gasteiger partial charge in [-0.15, -0.1) is 0 Å². The zero-order chi connectivity index (χ0) is 21.1. The fraction of sp³-hybridized carbons (Fsp3) is 0.217. The molecule has 154 valence electrons. The van der Waals surface area contributed by atoms with Gasteiger partial charge in [0.2, 0.25) is 0 Å². The summed E-state index contributed by atoms with van der Waals surface area (Å²) in [6.07, 6.45) is -3.19. The van der Waals surface area contributed by atoms with Crippen molar-refractivity contribution in [3.05, 3.63) is 83.6 Å². The molecular weight excluding hydrogens is 382 g/mol. The molecule has 0 spiro atoms. The number of hydrogen-bond acceptors (Lipinski definition) is 6. The van der Waals surface area contributed by atoms with Crippen molar-refractivity contribution in [2.45, 2.75) is 18.1 Å². The molecule has 1 aliphatic carbocycles. The molecule has 7 nitrogen and oxygen atoms in total. The Kier molecular flexibility index (Phi) is 5.65. The fourth-order valence-electron chi connectivity index (χ4n) is 3.78. The number of hydrogen-bond donors (Lipinski definition) is 4. The Labute approximate surface area is 174 Å². The summed E-state index contributed by atoms with van der Waals surface area (Å²) in [5.74, 6) is 0.193. The van der Waals surface area contributed by atoms with Crippen LogP contribution in [0.25, 0.3) is 11.1 Å². The number of aliphatic hydroxyl groups is 2. The van der Waals surface area contributed by atoms with Crippen molar-refractivity contribution in [1.29, 1.82) is 0 Å². The number of aliphatic hydroxyl groups excluding tert-OH is 2. The summed E-state index contributed by atoms with van der Waals surface area (Å²) < 4.78 is 5.42. The lowest BCUT2D eigenvalue weighted by Crippen LogP contribution is -2.36. The monoisotopic (exact) mass is 405 g/mol. The summed E-state index contributed by atoms with van der Waals surface area (Å²) in [6.45, 7) is -0.0103. The van der Waals surface area contributed by atoms with Crippen molar-refractivity contribution >= 4 is 11.9 Å². The second-order valence-electron chi connectivity index (χ2n) is 7.21. The van der Waals surface area contributed by atoms with Gasteiger partial charge >= 0.3 is 6.09 Å². The highest BCUT2D eigenvalue weighted by Gasteiger charge is 2.29. The second kappa shape index (κ2) is 8.52. The number of alkyl carbamates (subject to hydrolysis) is 1. The van der Waals surface area contributed by atoms with E-state index in [1.807, 2.05) is 36.4 Å². The van der Waals surface area contributed by atoms with Gasteiger partial charge < -0.3 is 26.0 Å². The van der Waals surface area contributed by atoms with Crippen LogP contribution in [0.4, 0.5) is 10.6 Å². The quantitative estimate of drug-likeness (QED) is 0.501. The lowest BCUT2D eigenvalue weighted by atomic mass is 9.98. The Bertz CT molecular complexity index is 1010. The van der Waals surface area contributed by atoms with Crippen molar-refractivity contribution < 1.29 is 19.7 Å².